The van der Waals surface area contributed by atoms with Gasteiger partial charge in [-0.1, -0.05) is 0 Å². The fourth-order valence-corrected chi connectivity index (χ4v) is 5.45. The van der Waals surface area contributed by atoms with Crippen molar-refractivity contribution in [2.75, 3.05) is 0 Å². The molecule has 0 amide bonds. The second-order valence-corrected chi connectivity index (χ2v) is 10.1. The van der Waals surface area contributed by atoms with Gasteiger partial charge < -0.3 is 0 Å². The maximum atomic E-state index is 5.94. The first kappa shape index (κ1) is 20.8. The monoisotopic (exact) mass is 459 g/mol. The summed E-state index contributed by atoms with van der Waals surface area (Å²) >= 11 is -2.72. The van der Waals surface area contributed by atoms with E-state index in [1.54, 1.807) is 0 Å². The summed E-state index contributed by atoms with van der Waals surface area (Å²) in [6.07, 6.45) is 0. The Bertz CT molecular complexity index is 173. The molecule has 5 radical (unpaired) electrons. The summed E-state index contributed by atoms with van der Waals surface area (Å²) in [5.41, 5.74) is -0.609. The molecule has 101 valence electrons. The third-order valence-electron chi connectivity index (χ3n) is 1.17. The van der Waals surface area contributed by atoms with E-state index < -0.39 is 21.0 Å². The van der Waals surface area contributed by atoms with Gasteiger partial charge in [0, 0.05) is 23.9 Å². The van der Waals surface area contributed by atoms with Gasteiger partial charge in [0.25, 0.3) is 0 Å². The Morgan fingerprint density at radius 1 is 0.529 bits per heavy atom. The summed E-state index contributed by atoms with van der Waals surface area (Å²) in [6, 6.07) is 0. The minimum absolute atomic E-state index is 0. The average Bonchev–Trinajstić information content (AvgIpc) is 1.70. The van der Waals surface area contributed by atoms with E-state index >= 15 is 0 Å². The predicted molar refractivity (Wildman–Crippen MR) is 74.0 cm³/mol. The molecular weight excluding hydrogens is 430 g/mol. The first-order valence-corrected chi connectivity index (χ1v) is 9.22. The third kappa shape index (κ3) is 15.4. The van der Waals surface area contributed by atoms with E-state index in [9.17, 15) is 0 Å². The number of hydrogen-bond acceptors (Lipinski definition) is 3. The zero-order valence-electron chi connectivity index (χ0n) is 12.7. The van der Waals surface area contributed by atoms with Gasteiger partial charge in [0.2, 0.25) is 0 Å². The van der Waals surface area contributed by atoms with Crippen LogP contribution in [0.5, 0.6) is 0 Å². The van der Waals surface area contributed by atoms with Crippen LogP contribution in [-0.2, 0) is 9.22 Å². The Morgan fingerprint density at radius 3 is 0.824 bits per heavy atom. The summed E-state index contributed by atoms with van der Waals surface area (Å²) in [4.78, 5) is 0. The standard InChI is InChI=1S/3C4H9O.2Sn/c3*1-4(2,3)5;;/h3*1-3H3;;/q3*-1;;+3. The van der Waals surface area contributed by atoms with Crippen LogP contribution in [0.4, 0.5) is 0 Å². The average molecular weight is 457 g/mol. The molecule has 0 N–H and O–H groups in total. The van der Waals surface area contributed by atoms with Gasteiger partial charge >= 0.3 is 109 Å². The molecule has 0 unspecified atom stereocenters. The maximum absolute atomic E-state index is 5.94. The topological polar surface area (TPSA) is 27.7 Å². The molecule has 5 heteroatoms. The van der Waals surface area contributed by atoms with Gasteiger partial charge in [-0.25, -0.2) is 0 Å². The fourth-order valence-electron chi connectivity index (χ4n) is 0.812. The van der Waals surface area contributed by atoms with E-state index in [0.717, 1.165) is 0 Å². The normalized spacial score (nSPS) is 13.8. The van der Waals surface area contributed by atoms with Gasteiger partial charge in [0.15, 0.2) is 0 Å². The number of hydrogen-bond donors (Lipinski definition) is 0. The summed E-state index contributed by atoms with van der Waals surface area (Å²) in [5.74, 6) is 0. The quantitative estimate of drug-likeness (QED) is 0.611. The van der Waals surface area contributed by atoms with Gasteiger partial charge in [-0.05, 0) is 0 Å². The largest absolute Gasteiger partial charge is 0 e. The zero-order chi connectivity index (χ0) is 13.2. The number of rotatable bonds is 3. The Morgan fingerprint density at radius 2 is 0.706 bits per heavy atom. The molecule has 0 aliphatic carbocycles. The van der Waals surface area contributed by atoms with E-state index in [1.165, 1.54) is 0 Å². The Labute approximate surface area is 132 Å². The van der Waals surface area contributed by atoms with Crippen molar-refractivity contribution in [1.82, 2.24) is 0 Å². The molecule has 0 fully saturated rings. The first-order valence-electron chi connectivity index (χ1n) is 5.72. The van der Waals surface area contributed by atoms with Crippen LogP contribution in [0.3, 0.4) is 0 Å². The molecule has 0 saturated heterocycles. The Balaban J connectivity index is 0. The van der Waals surface area contributed by atoms with Gasteiger partial charge in [-0.3, -0.25) is 0 Å². The zero-order valence-corrected chi connectivity index (χ0v) is 18.4. The van der Waals surface area contributed by atoms with Gasteiger partial charge in [-0.15, -0.1) is 0 Å². The molecule has 3 nitrogen and oxygen atoms in total. The predicted octanol–water partition coefficient (Wildman–Crippen LogP) is 3.04. The smallest absolute Gasteiger partial charge is 0 e. The van der Waals surface area contributed by atoms with Crippen LogP contribution in [0.25, 0.3) is 0 Å². The molecule has 17 heavy (non-hydrogen) atoms. The van der Waals surface area contributed by atoms with Gasteiger partial charge in [-0.2, -0.15) is 0 Å². The van der Waals surface area contributed by atoms with Crippen molar-refractivity contribution in [2.45, 2.75) is 79.1 Å². The van der Waals surface area contributed by atoms with Crippen LogP contribution < -0.4 is 0 Å². The molecule has 0 heterocycles. The van der Waals surface area contributed by atoms with Crippen molar-refractivity contribution < 1.29 is 9.22 Å². The molecule has 0 bridgehead atoms. The Hall–Kier alpha value is 1.48. The maximum Gasteiger partial charge on any atom is 0 e. The molecule has 0 spiro atoms. The third-order valence-corrected chi connectivity index (χ3v) is 7.84. The van der Waals surface area contributed by atoms with Crippen LogP contribution in [0, 0.1) is 0 Å². The molecule has 0 aromatic rings. The SMILES string of the molecule is CC(C)(C)[O][Sn]([O]C(C)(C)C)[O]C(C)(C)C.[Sn]. The van der Waals surface area contributed by atoms with Crippen LogP contribution in [0.15, 0.2) is 0 Å². The minimum atomic E-state index is -2.72. The first-order chi connectivity index (χ1) is 6.79. The summed E-state index contributed by atoms with van der Waals surface area (Å²) in [7, 11) is 0. The summed E-state index contributed by atoms with van der Waals surface area (Å²) < 4.78 is 17.8. The molecule has 0 aromatic carbocycles. The van der Waals surface area contributed by atoms with Crippen molar-refractivity contribution >= 4 is 44.9 Å². The van der Waals surface area contributed by atoms with E-state index in [4.69, 9.17) is 9.22 Å². The van der Waals surface area contributed by atoms with E-state index in [-0.39, 0.29) is 40.7 Å². The van der Waals surface area contributed by atoms with Gasteiger partial charge in [0.05, 0.1) is 0 Å². The van der Waals surface area contributed by atoms with Crippen LogP contribution in [-0.4, -0.2) is 61.7 Å². The second-order valence-electron chi connectivity index (χ2n) is 6.89. The molecule has 0 aliphatic heterocycles. The van der Waals surface area contributed by atoms with Crippen molar-refractivity contribution in [3.05, 3.63) is 0 Å². The summed E-state index contributed by atoms with van der Waals surface area (Å²) in [5, 5.41) is 0. The van der Waals surface area contributed by atoms with Crippen molar-refractivity contribution in [3.63, 3.8) is 0 Å². The Kier molecular flexibility index (Phi) is 8.94. The molecule has 0 saturated carbocycles. The molecule has 0 aliphatic rings. The van der Waals surface area contributed by atoms with Crippen molar-refractivity contribution in [2.24, 2.45) is 0 Å². The second kappa shape index (κ2) is 7.31. The van der Waals surface area contributed by atoms with Crippen LogP contribution in [0.1, 0.15) is 62.3 Å². The van der Waals surface area contributed by atoms with Crippen LogP contribution >= 0.6 is 0 Å². The molecule has 0 rings (SSSR count). The van der Waals surface area contributed by atoms with E-state index in [2.05, 4.69) is 0 Å². The molecule has 0 atom stereocenters. The van der Waals surface area contributed by atoms with E-state index in [1.807, 2.05) is 62.3 Å². The van der Waals surface area contributed by atoms with E-state index in [0.29, 0.717) is 0 Å². The van der Waals surface area contributed by atoms with Crippen LogP contribution in [0.2, 0.25) is 0 Å². The van der Waals surface area contributed by atoms with Crippen molar-refractivity contribution in [1.29, 1.82) is 0 Å². The molecular formula is C12H27O3Sn2. The fraction of sp³-hybridized carbons (Fsp3) is 1.00. The van der Waals surface area contributed by atoms with Crippen molar-refractivity contribution in [3.8, 4) is 0 Å². The molecule has 0 aromatic heterocycles. The van der Waals surface area contributed by atoms with Gasteiger partial charge in [0.1, 0.15) is 0 Å². The minimum Gasteiger partial charge on any atom is 0 e. The summed E-state index contributed by atoms with van der Waals surface area (Å²) in [6.45, 7) is 18.3.